The van der Waals surface area contributed by atoms with Gasteiger partial charge in [0.2, 0.25) is 0 Å². The molecule has 1 saturated carbocycles. The molecule has 4 heteroatoms. The van der Waals surface area contributed by atoms with Crippen LogP contribution in [0.5, 0.6) is 0 Å². The summed E-state index contributed by atoms with van der Waals surface area (Å²) < 4.78 is 6.85. The molecule has 0 unspecified atom stereocenters. The van der Waals surface area contributed by atoms with E-state index in [-0.39, 0.29) is 17.7 Å². The SMILES string of the molecule is C[C@@H](c1ccc(Br)cc1)N1CCC2(CCCC2)OC1=O. The van der Waals surface area contributed by atoms with Crippen molar-refractivity contribution in [3.8, 4) is 0 Å². The maximum absolute atomic E-state index is 12.3. The van der Waals surface area contributed by atoms with E-state index < -0.39 is 0 Å². The molecule has 1 aliphatic carbocycles. The predicted octanol–water partition coefficient (Wildman–Crippen LogP) is 4.67. The van der Waals surface area contributed by atoms with Crippen molar-refractivity contribution in [3.63, 3.8) is 0 Å². The van der Waals surface area contributed by atoms with E-state index in [0.717, 1.165) is 35.8 Å². The summed E-state index contributed by atoms with van der Waals surface area (Å²) in [4.78, 5) is 14.2. The van der Waals surface area contributed by atoms with Gasteiger partial charge in [-0.05, 0) is 50.3 Å². The van der Waals surface area contributed by atoms with Crippen molar-refractivity contribution in [3.05, 3.63) is 34.3 Å². The first-order valence-electron chi connectivity index (χ1n) is 7.35. The number of hydrogen-bond donors (Lipinski definition) is 0. The van der Waals surface area contributed by atoms with Crippen molar-refractivity contribution in [1.29, 1.82) is 0 Å². The van der Waals surface area contributed by atoms with E-state index in [0.29, 0.717) is 0 Å². The van der Waals surface area contributed by atoms with Gasteiger partial charge in [-0.1, -0.05) is 28.1 Å². The van der Waals surface area contributed by atoms with Gasteiger partial charge in [-0.25, -0.2) is 4.79 Å². The minimum absolute atomic E-state index is 0.0642. The third-order valence-corrected chi connectivity index (χ3v) is 5.21. The number of rotatable bonds is 2. The lowest BCUT2D eigenvalue weighted by molar-refractivity contribution is -0.0519. The van der Waals surface area contributed by atoms with Gasteiger partial charge in [0.05, 0.1) is 6.04 Å². The fourth-order valence-corrected chi connectivity index (χ4v) is 3.62. The zero-order valence-electron chi connectivity index (χ0n) is 11.8. The van der Waals surface area contributed by atoms with Gasteiger partial charge in [-0.2, -0.15) is 0 Å². The Hall–Kier alpha value is -1.03. The molecule has 1 atom stereocenters. The standard InChI is InChI=1S/C16H20BrNO2/c1-12(13-4-6-14(17)7-5-13)18-11-10-16(20-15(18)19)8-2-3-9-16/h4-7,12H,2-3,8-11H2,1H3/t12-/m0/s1. The summed E-state index contributed by atoms with van der Waals surface area (Å²) in [7, 11) is 0. The van der Waals surface area contributed by atoms with E-state index >= 15 is 0 Å². The van der Waals surface area contributed by atoms with Crippen LogP contribution in [0.2, 0.25) is 0 Å². The van der Waals surface area contributed by atoms with E-state index in [1.807, 2.05) is 17.0 Å². The maximum Gasteiger partial charge on any atom is 0.410 e. The van der Waals surface area contributed by atoms with Crippen molar-refractivity contribution in [2.75, 3.05) is 6.54 Å². The molecule has 1 aromatic rings. The largest absolute Gasteiger partial charge is 0.443 e. The van der Waals surface area contributed by atoms with Gasteiger partial charge in [0.1, 0.15) is 5.60 Å². The third kappa shape index (κ3) is 2.58. The van der Waals surface area contributed by atoms with Crippen LogP contribution < -0.4 is 0 Å². The maximum atomic E-state index is 12.3. The van der Waals surface area contributed by atoms with Gasteiger partial charge < -0.3 is 9.64 Å². The minimum Gasteiger partial charge on any atom is -0.443 e. The van der Waals surface area contributed by atoms with Gasteiger partial charge in [0.15, 0.2) is 0 Å². The number of halogens is 1. The molecular formula is C16H20BrNO2. The summed E-state index contributed by atoms with van der Waals surface area (Å²) >= 11 is 3.44. The summed E-state index contributed by atoms with van der Waals surface area (Å²) in [5.41, 5.74) is 1.00. The molecule has 1 saturated heterocycles. The molecule has 3 rings (SSSR count). The second-order valence-corrected chi connectivity index (χ2v) is 6.84. The van der Waals surface area contributed by atoms with E-state index in [1.165, 1.54) is 12.8 Å². The van der Waals surface area contributed by atoms with E-state index in [1.54, 1.807) is 0 Å². The lowest BCUT2D eigenvalue weighted by Crippen LogP contribution is -2.48. The van der Waals surface area contributed by atoms with Gasteiger partial charge in [0, 0.05) is 17.4 Å². The van der Waals surface area contributed by atoms with Crippen molar-refractivity contribution >= 4 is 22.0 Å². The zero-order chi connectivity index (χ0) is 14.2. The highest BCUT2D eigenvalue weighted by Crippen LogP contribution is 2.40. The van der Waals surface area contributed by atoms with Gasteiger partial charge in [0.25, 0.3) is 0 Å². The monoisotopic (exact) mass is 337 g/mol. The molecule has 1 aromatic carbocycles. The molecule has 108 valence electrons. The van der Waals surface area contributed by atoms with Crippen LogP contribution in [0.15, 0.2) is 28.7 Å². The Morgan fingerprint density at radius 2 is 1.85 bits per heavy atom. The molecule has 0 aromatic heterocycles. The Bertz CT molecular complexity index is 494. The smallest absolute Gasteiger partial charge is 0.410 e. The fraction of sp³-hybridized carbons (Fsp3) is 0.562. The molecule has 2 fully saturated rings. The van der Waals surface area contributed by atoms with Crippen LogP contribution >= 0.6 is 15.9 Å². The molecule has 2 aliphatic rings. The number of hydrogen-bond acceptors (Lipinski definition) is 2. The number of ether oxygens (including phenoxy) is 1. The van der Waals surface area contributed by atoms with E-state index in [2.05, 4.69) is 35.0 Å². The topological polar surface area (TPSA) is 29.5 Å². The number of nitrogens with zero attached hydrogens (tertiary/aromatic N) is 1. The van der Waals surface area contributed by atoms with Crippen molar-refractivity contribution < 1.29 is 9.53 Å². The lowest BCUT2D eigenvalue weighted by Gasteiger charge is -2.41. The first-order chi connectivity index (χ1) is 9.60. The van der Waals surface area contributed by atoms with Crippen LogP contribution in [-0.4, -0.2) is 23.1 Å². The lowest BCUT2D eigenvalue weighted by atomic mass is 9.95. The molecule has 0 N–H and O–H groups in total. The Morgan fingerprint density at radius 3 is 2.45 bits per heavy atom. The van der Waals surface area contributed by atoms with Gasteiger partial charge in [-0.15, -0.1) is 0 Å². The second kappa shape index (κ2) is 5.40. The normalized spacial score (nSPS) is 22.9. The molecule has 0 bridgehead atoms. The number of benzene rings is 1. The quantitative estimate of drug-likeness (QED) is 0.785. The van der Waals surface area contributed by atoms with Crippen LogP contribution in [-0.2, 0) is 4.74 Å². The molecule has 1 spiro atoms. The summed E-state index contributed by atoms with van der Waals surface area (Å²) in [5.74, 6) is 0. The Labute approximate surface area is 128 Å². The molecule has 1 heterocycles. The first kappa shape index (κ1) is 13.9. The van der Waals surface area contributed by atoms with Gasteiger partial charge >= 0.3 is 6.09 Å². The van der Waals surface area contributed by atoms with E-state index in [4.69, 9.17) is 4.74 Å². The highest BCUT2D eigenvalue weighted by molar-refractivity contribution is 9.10. The van der Waals surface area contributed by atoms with Crippen molar-refractivity contribution in [2.45, 2.75) is 50.7 Å². The van der Waals surface area contributed by atoms with Crippen LogP contribution in [0.3, 0.4) is 0 Å². The average Bonchev–Trinajstić information content (AvgIpc) is 2.87. The van der Waals surface area contributed by atoms with Gasteiger partial charge in [-0.3, -0.25) is 0 Å². The highest BCUT2D eigenvalue weighted by Gasteiger charge is 2.43. The molecule has 3 nitrogen and oxygen atoms in total. The second-order valence-electron chi connectivity index (χ2n) is 5.93. The average molecular weight is 338 g/mol. The van der Waals surface area contributed by atoms with Crippen molar-refractivity contribution in [1.82, 2.24) is 4.90 Å². The highest BCUT2D eigenvalue weighted by atomic mass is 79.9. The summed E-state index contributed by atoms with van der Waals surface area (Å²) in [6, 6.07) is 8.21. The molecule has 1 amide bonds. The number of carbonyl (C=O) groups excluding carboxylic acids is 1. The number of carbonyl (C=O) groups is 1. The van der Waals surface area contributed by atoms with Crippen LogP contribution in [0.4, 0.5) is 4.79 Å². The molecule has 0 radical (unpaired) electrons. The summed E-state index contributed by atoms with van der Waals surface area (Å²) in [6.45, 7) is 2.87. The molecule has 20 heavy (non-hydrogen) atoms. The fourth-order valence-electron chi connectivity index (χ4n) is 3.35. The minimum atomic E-state index is -0.146. The predicted molar refractivity (Wildman–Crippen MR) is 81.6 cm³/mol. The van der Waals surface area contributed by atoms with Crippen molar-refractivity contribution in [2.24, 2.45) is 0 Å². The summed E-state index contributed by atoms with van der Waals surface area (Å²) in [6.07, 6.45) is 5.29. The Kier molecular flexibility index (Phi) is 3.76. The zero-order valence-corrected chi connectivity index (χ0v) is 13.4. The third-order valence-electron chi connectivity index (χ3n) is 4.68. The number of amides is 1. The summed E-state index contributed by atoms with van der Waals surface area (Å²) in [5, 5.41) is 0. The van der Waals surface area contributed by atoms with Crippen LogP contribution in [0.1, 0.15) is 50.6 Å². The Morgan fingerprint density at radius 1 is 1.20 bits per heavy atom. The molecule has 1 aliphatic heterocycles. The van der Waals surface area contributed by atoms with E-state index in [9.17, 15) is 4.79 Å². The Balaban J connectivity index is 1.72. The van der Waals surface area contributed by atoms with Crippen LogP contribution in [0, 0.1) is 0 Å². The molecular weight excluding hydrogens is 318 g/mol. The first-order valence-corrected chi connectivity index (χ1v) is 8.14. The van der Waals surface area contributed by atoms with Crippen LogP contribution in [0.25, 0.3) is 0 Å².